The van der Waals surface area contributed by atoms with E-state index in [1.54, 1.807) is 0 Å². The average molecular weight is 360 g/mol. The van der Waals surface area contributed by atoms with E-state index in [1.807, 2.05) is 0 Å². The molecule has 13 nitrogen and oxygen atoms in total. The van der Waals surface area contributed by atoms with Crippen molar-refractivity contribution in [3.8, 4) is 11.1 Å². The van der Waals surface area contributed by atoms with Gasteiger partial charge in [0.05, 0.1) is 25.3 Å². The van der Waals surface area contributed by atoms with E-state index in [9.17, 15) is 45.3 Å². The minimum atomic E-state index is -1.09. The second-order valence-corrected chi connectivity index (χ2v) is 5.10. The summed E-state index contributed by atoms with van der Waals surface area (Å²) in [6.07, 6.45) is 0. The molecule has 0 amide bonds. The van der Waals surface area contributed by atoms with Gasteiger partial charge in [-0.2, -0.15) is 0 Å². The van der Waals surface area contributed by atoms with Crippen molar-refractivity contribution in [1.82, 2.24) is 0 Å². The van der Waals surface area contributed by atoms with E-state index >= 15 is 0 Å². The van der Waals surface area contributed by atoms with Gasteiger partial charge in [-0.3, -0.25) is 45.3 Å². The molecule has 1 aliphatic rings. The molecule has 0 radical (unpaired) electrons. The van der Waals surface area contributed by atoms with Gasteiger partial charge >= 0.3 is 11.4 Å². The Morgan fingerprint density at radius 1 is 0.577 bits per heavy atom. The van der Waals surface area contributed by atoms with Crippen LogP contribution in [-0.4, -0.2) is 25.5 Å². The highest BCUT2D eigenvalue weighted by molar-refractivity contribution is 6.25. The molecule has 2 aromatic carbocycles. The maximum absolute atomic E-state index is 12.5. The molecule has 130 valence electrons. The highest BCUT2D eigenvalue weighted by atomic mass is 16.6. The summed E-state index contributed by atoms with van der Waals surface area (Å²) in [6, 6.07) is 2.81. The van der Waals surface area contributed by atoms with Gasteiger partial charge in [0.15, 0.2) is 0 Å². The molecule has 0 saturated carbocycles. The van der Waals surface area contributed by atoms with Gasteiger partial charge in [-0.1, -0.05) is 0 Å². The molecule has 0 N–H and O–H groups in total. The van der Waals surface area contributed by atoms with Crippen molar-refractivity contribution in [1.29, 1.82) is 0 Å². The Bertz CT molecular complexity index is 1080. The molecule has 26 heavy (non-hydrogen) atoms. The molecule has 13 heteroatoms. The largest absolute Gasteiger partial charge is 0.346 e. The van der Waals surface area contributed by atoms with Crippen LogP contribution < -0.4 is 0 Å². The maximum Gasteiger partial charge on any atom is 0.346 e. The third kappa shape index (κ3) is 2.15. The number of hydrogen-bond donors (Lipinski definition) is 0. The Morgan fingerprint density at radius 2 is 0.962 bits per heavy atom. The number of ketones is 1. The molecule has 3 rings (SSSR count). The molecular weight excluding hydrogens is 356 g/mol. The molecule has 0 saturated heterocycles. The van der Waals surface area contributed by atoms with Gasteiger partial charge in [0.25, 0.3) is 11.4 Å². The number of nitro groups is 4. The van der Waals surface area contributed by atoms with Crippen LogP contribution in [0.25, 0.3) is 11.1 Å². The van der Waals surface area contributed by atoms with Crippen LogP contribution in [0, 0.1) is 40.5 Å². The van der Waals surface area contributed by atoms with Gasteiger partial charge in [-0.25, -0.2) is 0 Å². The predicted octanol–water partition coefficient (Wildman–Crippen LogP) is 2.53. The molecule has 0 spiro atoms. The molecule has 0 aliphatic heterocycles. The van der Waals surface area contributed by atoms with Crippen LogP contribution in [0.2, 0.25) is 0 Å². The molecule has 0 atom stereocenters. The third-order valence-electron chi connectivity index (χ3n) is 3.80. The number of benzene rings is 2. The molecule has 0 heterocycles. The zero-order chi connectivity index (χ0) is 19.3. The number of rotatable bonds is 4. The normalized spacial score (nSPS) is 11.6. The predicted molar refractivity (Wildman–Crippen MR) is 81.9 cm³/mol. The van der Waals surface area contributed by atoms with Crippen molar-refractivity contribution < 1.29 is 24.5 Å². The Hall–Kier alpha value is -4.29. The van der Waals surface area contributed by atoms with E-state index in [2.05, 4.69) is 0 Å². The zero-order valence-electron chi connectivity index (χ0n) is 12.3. The lowest BCUT2D eigenvalue weighted by atomic mass is 10.0. The molecular formula is C13H4N4O9. The van der Waals surface area contributed by atoms with Gasteiger partial charge in [-0.05, 0) is 0 Å². The van der Waals surface area contributed by atoms with Crippen LogP contribution >= 0.6 is 0 Å². The summed E-state index contributed by atoms with van der Waals surface area (Å²) >= 11 is 0. The van der Waals surface area contributed by atoms with Crippen LogP contribution in [-0.2, 0) is 0 Å². The van der Waals surface area contributed by atoms with Crippen LogP contribution in [0.5, 0.6) is 0 Å². The highest BCUT2D eigenvalue weighted by Gasteiger charge is 2.42. The number of hydrogen-bond acceptors (Lipinski definition) is 9. The van der Waals surface area contributed by atoms with Crippen molar-refractivity contribution >= 4 is 28.5 Å². The number of nitrogens with zero attached hydrogens (tertiary/aromatic N) is 4. The topological polar surface area (TPSA) is 190 Å². The molecule has 1 aliphatic carbocycles. The summed E-state index contributed by atoms with van der Waals surface area (Å²) in [7, 11) is 0. The van der Waals surface area contributed by atoms with Gasteiger partial charge in [-0.15, -0.1) is 0 Å². The number of carbonyl (C=O) groups excluding carboxylic acids is 1. The van der Waals surface area contributed by atoms with Gasteiger partial charge in [0.2, 0.25) is 5.78 Å². The standard InChI is InChI=1S/C13H4N4O9/c18-13-6-4-10(17(25)26)9(16(23)24)3-5(6)11-7(14(19)20)1-2-8(12(11)13)15(21)22/h1-4H. The molecule has 0 unspecified atom stereocenters. The highest BCUT2D eigenvalue weighted by Crippen LogP contribution is 2.49. The number of carbonyl (C=O) groups is 1. The zero-order valence-corrected chi connectivity index (χ0v) is 12.3. The summed E-state index contributed by atoms with van der Waals surface area (Å²) in [5, 5.41) is 44.5. The molecule has 0 aromatic heterocycles. The van der Waals surface area contributed by atoms with E-state index < -0.39 is 64.9 Å². The first kappa shape index (κ1) is 16.6. The van der Waals surface area contributed by atoms with E-state index in [4.69, 9.17) is 0 Å². The van der Waals surface area contributed by atoms with Crippen LogP contribution in [0.15, 0.2) is 24.3 Å². The first-order chi connectivity index (χ1) is 12.1. The Labute approximate surface area is 141 Å². The van der Waals surface area contributed by atoms with Crippen molar-refractivity contribution in [2.75, 3.05) is 0 Å². The Morgan fingerprint density at radius 3 is 1.38 bits per heavy atom. The third-order valence-corrected chi connectivity index (χ3v) is 3.80. The monoisotopic (exact) mass is 360 g/mol. The van der Waals surface area contributed by atoms with Crippen molar-refractivity contribution in [2.24, 2.45) is 0 Å². The van der Waals surface area contributed by atoms with E-state index in [0.717, 1.165) is 12.1 Å². The van der Waals surface area contributed by atoms with Crippen molar-refractivity contribution in [3.05, 3.63) is 75.8 Å². The summed E-state index contributed by atoms with van der Waals surface area (Å²) in [6.45, 7) is 0. The Balaban J connectivity index is 2.47. The summed E-state index contributed by atoms with van der Waals surface area (Å²) in [5.74, 6) is -1.05. The quantitative estimate of drug-likeness (QED) is 0.496. The maximum atomic E-state index is 12.5. The van der Waals surface area contributed by atoms with Gasteiger partial charge < -0.3 is 0 Å². The fraction of sp³-hybridized carbons (Fsp3) is 0. The van der Waals surface area contributed by atoms with Gasteiger partial charge in [0, 0.05) is 35.4 Å². The lowest BCUT2D eigenvalue weighted by molar-refractivity contribution is -0.422. The summed E-state index contributed by atoms with van der Waals surface area (Å²) in [5.41, 5.74) is -5.29. The Kier molecular flexibility index (Phi) is 3.42. The minimum Gasteiger partial charge on any atom is -0.288 e. The lowest BCUT2D eigenvalue weighted by Crippen LogP contribution is -2.03. The van der Waals surface area contributed by atoms with Crippen molar-refractivity contribution in [2.45, 2.75) is 0 Å². The van der Waals surface area contributed by atoms with Crippen LogP contribution in [0.3, 0.4) is 0 Å². The lowest BCUT2D eigenvalue weighted by Gasteiger charge is -2.03. The van der Waals surface area contributed by atoms with Crippen LogP contribution in [0.1, 0.15) is 15.9 Å². The molecule has 0 bridgehead atoms. The minimum absolute atomic E-state index is 0.335. The number of fused-ring (bicyclic) bond motifs is 3. The van der Waals surface area contributed by atoms with E-state index in [1.165, 1.54) is 0 Å². The fourth-order valence-corrected chi connectivity index (χ4v) is 2.79. The second kappa shape index (κ2) is 5.37. The van der Waals surface area contributed by atoms with Crippen molar-refractivity contribution in [3.63, 3.8) is 0 Å². The smallest absolute Gasteiger partial charge is 0.288 e. The average Bonchev–Trinajstić information content (AvgIpc) is 2.85. The first-order valence-corrected chi connectivity index (χ1v) is 6.62. The first-order valence-electron chi connectivity index (χ1n) is 6.62. The number of nitro benzene ring substituents is 4. The summed E-state index contributed by atoms with van der Waals surface area (Å²) in [4.78, 5) is 53.0. The van der Waals surface area contributed by atoms with Crippen LogP contribution in [0.4, 0.5) is 22.7 Å². The van der Waals surface area contributed by atoms with Gasteiger partial charge in [0.1, 0.15) is 5.56 Å². The second-order valence-electron chi connectivity index (χ2n) is 5.10. The molecule has 2 aromatic rings. The molecule has 0 fully saturated rings. The summed E-state index contributed by atoms with van der Waals surface area (Å²) < 4.78 is 0. The fourth-order valence-electron chi connectivity index (χ4n) is 2.79. The van der Waals surface area contributed by atoms with E-state index in [0.29, 0.717) is 12.1 Å². The SMILES string of the molecule is O=C1c2cc([N+](=O)[O-])c([N+](=O)[O-])cc2-c2c([N+](=O)[O-])ccc([N+](=O)[O-])c21. The van der Waals surface area contributed by atoms with E-state index in [-0.39, 0.29) is 5.56 Å².